The lowest BCUT2D eigenvalue weighted by Crippen LogP contribution is -2.23. The molecule has 0 unspecified atom stereocenters. The van der Waals surface area contributed by atoms with E-state index in [1.165, 1.54) is 12.1 Å². The van der Waals surface area contributed by atoms with Gasteiger partial charge in [0.15, 0.2) is 0 Å². The number of rotatable bonds is 5. The Balaban J connectivity index is 2.28. The van der Waals surface area contributed by atoms with Gasteiger partial charge in [-0.2, -0.15) is 26.3 Å². The minimum atomic E-state index is -5.71. The molecule has 12 heteroatoms. The number of hydrogen-bond acceptors (Lipinski definition) is 4. The minimum Gasteiger partial charge on any atom is -0.478 e. The van der Waals surface area contributed by atoms with Gasteiger partial charge in [-0.25, -0.2) is 13.2 Å². The summed E-state index contributed by atoms with van der Waals surface area (Å²) in [6.45, 7) is 0. The first-order valence-electron chi connectivity index (χ1n) is 7.21. The van der Waals surface area contributed by atoms with Crippen LogP contribution in [0.2, 0.25) is 0 Å². The van der Waals surface area contributed by atoms with Crippen molar-refractivity contribution in [3.63, 3.8) is 0 Å². The van der Waals surface area contributed by atoms with Gasteiger partial charge < -0.3 is 5.11 Å². The Morgan fingerprint density at radius 2 is 1.54 bits per heavy atom. The molecule has 0 aliphatic heterocycles. The number of aromatic carboxylic acids is 1. The highest BCUT2D eigenvalue weighted by molar-refractivity contribution is 7.98. The summed E-state index contributed by atoms with van der Waals surface area (Å²) in [7, 11) is -5.71. The molecule has 0 aliphatic carbocycles. The van der Waals surface area contributed by atoms with Gasteiger partial charge in [-0.05, 0) is 35.9 Å². The predicted octanol–water partition coefficient (Wildman–Crippen LogP) is 4.99. The van der Waals surface area contributed by atoms with Gasteiger partial charge in [-0.15, -0.1) is 11.8 Å². The van der Waals surface area contributed by atoms with E-state index in [4.69, 9.17) is 5.11 Å². The van der Waals surface area contributed by atoms with Crippen LogP contribution in [0, 0.1) is 0 Å². The second-order valence-corrected chi connectivity index (χ2v) is 8.35. The largest absolute Gasteiger partial charge is 0.501 e. The van der Waals surface area contributed by atoms with E-state index >= 15 is 0 Å². The van der Waals surface area contributed by atoms with Gasteiger partial charge in [0.2, 0.25) is 0 Å². The minimum absolute atomic E-state index is 0.0176. The Labute approximate surface area is 159 Å². The molecule has 0 aromatic heterocycles. The first-order chi connectivity index (χ1) is 12.7. The second-order valence-electron chi connectivity index (χ2n) is 5.40. The van der Waals surface area contributed by atoms with Crippen molar-refractivity contribution in [1.29, 1.82) is 0 Å². The fourth-order valence-electron chi connectivity index (χ4n) is 2.05. The van der Waals surface area contributed by atoms with Crippen LogP contribution in [0.4, 0.5) is 26.3 Å². The third kappa shape index (κ3) is 4.79. The highest BCUT2D eigenvalue weighted by atomic mass is 32.2. The fraction of sp³-hybridized carbons (Fsp3) is 0.188. The van der Waals surface area contributed by atoms with Crippen molar-refractivity contribution in [1.82, 2.24) is 0 Å². The first-order valence-corrected chi connectivity index (χ1v) is 9.68. The van der Waals surface area contributed by atoms with Crippen LogP contribution in [0.1, 0.15) is 21.5 Å². The molecule has 0 aliphatic rings. The molecule has 152 valence electrons. The Kier molecular flexibility index (Phi) is 6.04. The molecule has 0 spiro atoms. The van der Waals surface area contributed by atoms with Gasteiger partial charge in [0.1, 0.15) is 0 Å². The van der Waals surface area contributed by atoms with Gasteiger partial charge in [0.05, 0.1) is 16.0 Å². The summed E-state index contributed by atoms with van der Waals surface area (Å²) >= 11 is 0.830. The van der Waals surface area contributed by atoms with Crippen LogP contribution in [-0.2, 0) is 21.8 Å². The molecular weight excluding hydrogens is 434 g/mol. The maximum Gasteiger partial charge on any atom is 0.501 e. The lowest BCUT2D eigenvalue weighted by molar-refractivity contribution is -0.137. The molecule has 2 aromatic rings. The van der Waals surface area contributed by atoms with Crippen LogP contribution in [-0.4, -0.2) is 25.0 Å². The third-order valence-corrected chi connectivity index (χ3v) is 6.10. The SMILES string of the molecule is O=C(O)c1cc(S(=O)(=O)C(F)(F)F)ccc1SCc1ccc(C(F)(F)F)cc1. The van der Waals surface area contributed by atoms with Crippen LogP contribution in [0.25, 0.3) is 0 Å². The number of hydrogen-bond donors (Lipinski definition) is 1. The van der Waals surface area contributed by atoms with Crippen LogP contribution in [0.3, 0.4) is 0 Å². The summed E-state index contributed by atoms with van der Waals surface area (Å²) in [5.74, 6) is -1.63. The average Bonchev–Trinajstić information content (AvgIpc) is 2.58. The number of carboxylic acids is 1. The van der Waals surface area contributed by atoms with E-state index in [0.29, 0.717) is 17.7 Å². The molecule has 4 nitrogen and oxygen atoms in total. The average molecular weight is 444 g/mol. The number of halogens is 6. The number of carboxylic acid groups (broad SMARTS) is 1. The summed E-state index contributed by atoms with van der Waals surface area (Å²) in [6.07, 6.45) is -4.51. The number of carbonyl (C=O) groups is 1. The third-order valence-electron chi connectivity index (χ3n) is 3.47. The molecule has 28 heavy (non-hydrogen) atoms. The van der Waals surface area contributed by atoms with E-state index in [0.717, 1.165) is 30.0 Å². The van der Waals surface area contributed by atoms with E-state index in [9.17, 15) is 39.6 Å². The Morgan fingerprint density at radius 3 is 2.00 bits per heavy atom. The van der Waals surface area contributed by atoms with E-state index < -0.39 is 43.5 Å². The normalized spacial score (nSPS) is 12.8. The fourth-order valence-corrected chi connectivity index (χ4v) is 3.82. The van der Waals surface area contributed by atoms with Crippen LogP contribution in [0.15, 0.2) is 52.3 Å². The van der Waals surface area contributed by atoms with Crippen molar-refractivity contribution in [2.24, 2.45) is 0 Å². The molecular formula is C16H10F6O4S2. The smallest absolute Gasteiger partial charge is 0.478 e. The number of thioether (sulfide) groups is 1. The molecule has 0 saturated heterocycles. The second kappa shape index (κ2) is 7.66. The highest BCUT2D eigenvalue weighted by Crippen LogP contribution is 2.35. The summed E-state index contributed by atoms with van der Waals surface area (Å²) in [5, 5.41) is 9.17. The number of benzene rings is 2. The zero-order valence-electron chi connectivity index (χ0n) is 13.5. The maximum atomic E-state index is 12.6. The quantitative estimate of drug-likeness (QED) is 0.520. The summed E-state index contributed by atoms with van der Waals surface area (Å²) < 4.78 is 98.3. The van der Waals surface area contributed by atoms with Crippen molar-refractivity contribution >= 4 is 27.6 Å². The number of sulfone groups is 1. The molecule has 0 heterocycles. The Morgan fingerprint density at radius 1 is 0.964 bits per heavy atom. The molecule has 2 rings (SSSR count). The summed E-state index contributed by atoms with van der Waals surface area (Å²) in [5.41, 5.74) is -6.71. The molecule has 0 atom stereocenters. The van der Waals surface area contributed by atoms with E-state index in [1.54, 1.807) is 0 Å². The van der Waals surface area contributed by atoms with E-state index in [-0.39, 0.29) is 10.6 Å². The molecule has 0 saturated carbocycles. The van der Waals surface area contributed by atoms with Gasteiger partial charge in [-0.3, -0.25) is 0 Å². The van der Waals surface area contributed by atoms with Crippen LogP contribution in [0.5, 0.6) is 0 Å². The van der Waals surface area contributed by atoms with Gasteiger partial charge in [0.25, 0.3) is 9.84 Å². The van der Waals surface area contributed by atoms with Crippen LogP contribution >= 0.6 is 11.8 Å². The lowest BCUT2D eigenvalue weighted by Gasteiger charge is -2.12. The Bertz CT molecular complexity index is 980. The molecule has 0 radical (unpaired) electrons. The Hall–Kier alpha value is -2.21. The molecule has 0 bridgehead atoms. The molecule has 0 fully saturated rings. The van der Waals surface area contributed by atoms with Crippen molar-refractivity contribution in [3.05, 3.63) is 59.2 Å². The molecule has 2 aromatic carbocycles. The molecule has 1 N–H and O–H groups in total. The standard InChI is InChI=1S/C16H10F6O4S2/c17-15(18,19)10-3-1-9(2-4-10)8-27-13-6-5-11(7-12(13)14(23)24)28(25,26)16(20,21)22/h1-7H,8H2,(H,23,24). The molecule has 0 amide bonds. The maximum absolute atomic E-state index is 12.6. The van der Waals surface area contributed by atoms with Crippen molar-refractivity contribution in [3.8, 4) is 0 Å². The van der Waals surface area contributed by atoms with Gasteiger partial charge >= 0.3 is 17.7 Å². The van der Waals surface area contributed by atoms with Crippen molar-refractivity contribution in [2.75, 3.05) is 0 Å². The van der Waals surface area contributed by atoms with E-state index in [1.807, 2.05) is 0 Å². The highest BCUT2D eigenvalue weighted by Gasteiger charge is 2.47. The zero-order valence-corrected chi connectivity index (χ0v) is 15.1. The summed E-state index contributed by atoms with van der Waals surface area (Å²) in [4.78, 5) is 10.1. The predicted molar refractivity (Wildman–Crippen MR) is 87.6 cm³/mol. The van der Waals surface area contributed by atoms with Gasteiger partial charge in [0, 0.05) is 10.6 Å². The first kappa shape index (κ1) is 22.1. The zero-order chi connectivity index (χ0) is 21.3. The lowest BCUT2D eigenvalue weighted by atomic mass is 10.1. The van der Waals surface area contributed by atoms with E-state index in [2.05, 4.69) is 0 Å². The topological polar surface area (TPSA) is 71.4 Å². The van der Waals surface area contributed by atoms with Crippen LogP contribution < -0.4 is 0 Å². The number of alkyl halides is 6. The monoisotopic (exact) mass is 444 g/mol. The van der Waals surface area contributed by atoms with Gasteiger partial charge in [-0.1, -0.05) is 12.1 Å². The van der Waals surface area contributed by atoms with Crippen molar-refractivity contribution < 1.29 is 44.7 Å². The summed E-state index contributed by atoms with van der Waals surface area (Å²) in [6, 6.07) is 5.99. The van der Waals surface area contributed by atoms with Crippen molar-refractivity contribution in [2.45, 2.75) is 27.2 Å².